The molecule has 0 spiro atoms. The zero-order valence-electron chi connectivity index (χ0n) is 10.4. The van der Waals surface area contributed by atoms with E-state index in [2.05, 4.69) is 10.3 Å². The predicted octanol–water partition coefficient (Wildman–Crippen LogP) is 3.85. The molecule has 98 valence electrons. The third-order valence-electron chi connectivity index (χ3n) is 3.31. The summed E-state index contributed by atoms with van der Waals surface area (Å²) in [5.41, 5.74) is 3.06. The zero-order chi connectivity index (χ0) is 13.2. The number of aromatic nitrogens is 1. The molecule has 1 aliphatic carbocycles. The molecule has 2 N–H and O–H groups in total. The van der Waals surface area contributed by atoms with Crippen LogP contribution in [0.2, 0.25) is 5.02 Å². The second-order valence-corrected chi connectivity index (χ2v) is 5.27. The highest BCUT2D eigenvalue weighted by molar-refractivity contribution is 6.30. The van der Waals surface area contributed by atoms with Crippen molar-refractivity contribution in [2.75, 3.05) is 5.32 Å². The van der Waals surface area contributed by atoms with Crippen LogP contribution in [0.15, 0.2) is 36.5 Å². The third-order valence-corrected chi connectivity index (χ3v) is 3.54. The van der Waals surface area contributed by atoms with E-state index < -0.39 is 0 Å². The van der Waals surface area contributed by atoms with Crippen LogP contribution in [0.5, 0.6) is 0 Å². The molecular weight excluding hydrogens is 260 g/mol. The maximum Gasteiger partial charge on any atom is 0.130 e. The van der Waals surface area contributed by atoms with Crippen LogP contribution in [0.3, 0.4) is 0 Å². The van der Waals surface area contributed by atoms with E-state index in [1.807, 2.05) is 30.3 Å². The van der Waals surface area contributed by atoms with Crippen LogP contribution in [-0.4, -0.2) is 10.1 Å². The van der Waals surface area contributed by atoms with E-state index in [9.17, 15) is 5.11 Å². The van der Waals surface area contributed by atoms with E-state index in [4.69, 9.17) is 11.6 Å². The third kappa shape index (κ3) is 2.88. The van der Waals surface area contributed by atoms with Gasteiger partial charge in [0.05, 0.1) is 6.61 Å². The van der Waals surface area contributed by atoms with E-state index in [1.165, 1.54) is 18.4 Å². The first-order chi connectivity index (χ1) is 9.26. The van der Waals surface area contributed by atoms with Gasteiger partial charge in [0.15, 0.2) is 0 Å². The van der Waals surface area contributed by atoms with Crippen molar-refractivity contribution in [3.05, 3.63) is 52.7 Å². The monoisotopic (exact) mass is 274 g/mol. The standard InChI is InChI=1S/C15H15ClN2O/c16-12-2-1-3-13(6-12)18-15-7-14(10-4-5-10)11(9-19)8-17-15/h1-3,6-8,10,19H,4-5,9H2,(H,17,18). The summed E-state index contributed by atoms with van der Waals surface area (Å²) < 4.78 is 0. The molecule has 0 bridgehead atoms. The van der Waals surface area contributed by atoms with Gasteiger partial charge in [0.25, 0.3) is 0 Å². The molecule has 0 radical (unpaired) electrons. The van der Waals surface area contributed by atoms with Crippen molar-refractivity contribution in [2.24, 2.45) is 0 Å². The summed E-state index contributed by atoms with van der Waals surface area (Å²) in [6.45, 7) is 0.0519. The normalized spacial score (nSPS) is 14.4. The van der Waals surface area contributed by atoms with Gasteiger partial charge in [-0.25, -0.2) is 4.98 Å². The van der Waals surface area contributed by atoms with Crippen LogP contribution in [0, 0.1) is 0 Å². The molecule has 3 rings (SSSR count). The van der Waals surface area contributed by atoms with Crippen LogP contribution in [-0.2, 0) is 6.61 Å². The van der Waals surface area contributed by atoms with Crippen LogP contribution in [0.1, 0.15) is 29.9 Å². The van der Waals surface area contributed by atoms with Gasteiger partial charge in [-0.15, -0.1) is 0 Å². The number of halogens is 1. The highest BCUT2D eigenvalue weighted by atomic mass is 35.5. The van der Waals surface area contributed by atoms with Crippen molar-refractivity contribution in [3.63, 3.8) is 0 Å². The number of aliphatic hydroxyl groups is 1. The average molecular weight is 275 g/mol. The molecule has 2 aromatic rings. The molecule has 1 fully saturated rings. The van der Waals surface area contributed by atoms with Crippen molar-refractivity contribution in [1.29, 1.82) is 0 Å². The number of benzene rings is 1. The molecular formula is C15H15ClN2O. The van der Waals surface area contributed by atoms with Gasteiger partial charge in [-0.1, -0.05) is 17.7 Å². The summed E-state index contributed by atoms with van der Waals surface area (Å²) in [5.74, 6) is 1.38. The summed E-state index contributed by atoms with van der Waals surface area (Å²) in [7, 11) is 0. The Hall–Kier alpha value is -1.58. The Labute approximate surface area is 117 Å². The second-order valence-electron chi connectivity index (χ2n) is 4.84. The molecule has 3 nitrogen and oxygen atoms in total. The van der Waals surface area contributed by atoms with Crippen molar-refractivity contribution in [1.82, 2.24) is 4.98 Å². The Kier molecular flexibility index (Phi) is 3.40. The quantitative estimate of drug-likeness (QED) is 0.890. The van der Waals surface area contributed by atoms with Gasteiger partial charge in [-0.05, 0) is 54.2 Å². The predicted molar refractivity (Wildman–Crippen MR) is 76.9 cm³/mol. The molecule has 4 heteroatoms. The fourth-order valence-electron chi connectivity index (χ4n) is 2.19. The Morgan fingerprint density at radius 3 is 2.84 bits per heavy atom. The topological polar surface area (TPSA) is 45.2 Å². The Balaban J connectivity index is 1.87. The maximum absolute atomic E-state index is 9.33. The van der Waals surface area contributed by atoms with E-state index >= 15 is 0 Å². The summed E-state index contributed by atoms with van der Waals surface area (Å²) >= 11 is 5.96. The first-order valence-corrected chi connectivity index (χ1v) is 6.76. The summed E-state index contributed by atoms with van der Waals surface area (Å²) in [4.78, 5) is 4.33. The van der Waals surface area contributed by atoms with Crippen LogP contribution in [0.4, 0.5) is 11.5 Å². The second kappa shape index (κ2) is 5.19. The molecule has 1 aromatic heterocycles. The smallest absolute Gasteiger partial charge is 0.130 e. The van der Waals surface area contributed by atoms with Gasteiger partial charge in [-0.3, -0.25) is 0 Å². The molecule has 1 heterocycles. The lowest BCUT2D eigenvalue weighted by Gasteiger charge is -2.10. The number of hydrogen-bond acceptors (Lipinski definition) is 3. The van der Waals surface area contributed by atoms with Crippen molar-refractivity contribution in [3.8, 4) is 0 Å². The molecule has 1 saturated carbocycles. The van der Waals surface area contributed by atoms with Gasteiger partial charge in [0.2, 0.25) is 0 Å². The summed E-state index contributed by atoms with van der Waals surface area (Å²) in [5, 5.41) is 13.3. The highest BCUT2D eigenvalue weighted by Gasteiger charge is 2.26. The van der Waals surface area contributed by atoms with Crippen molar-refractivity contribution in [2.45, 2.75) is 25.4 Å². The van der Waals surface area contributed by atoms with Crippen LogP contribution < -0.4 is 5.32 Å². The summed E-state index contributed by atoms with van der Waals surface area (Å²) in [6.07, 6.45) is 4.15. The van der Waals surface area contributed by atoms with Gasteiger partial charge in [0.1, 0.15) is 5.82 Å². The molecule has 0 amide bonds. The molecule has 0 saturated heterocycles. The summed E-state index contributed by atoms with van der Waals surface area (Å²) in [6, 6.07) is 9.58. The Morgan fingerprint density at radius 2 is 2.16 bits per heavy atom. The first kappa shape index (κ1) is 12.5. The lowest BCUT2D eigenvalue weighted by Crippen LogP contribution is -1.99. The SMILES string of the molecule is OCc1cnc(Nc2cccc(Cl)c2)cc1C1CC1. The molecule has 1 aliphatic rings. The minimum absolute atomic E-state index is 0.0519. The fraction of sp³-hybridized carbons (Fsp3) is 0.267. The van der Waals surface area contributed by atoms with E-state index in [1.54, 1.807) is 6.20 Å². The van der Waals surface area contributed by atoms with Gasteiger partial charge < -0.3 is 10.4 Å². The average Bonchev–Trinajstić information content (AvgIpc) is 3.23. The molecule has 0 aliphatic heterocycles. The fourth-order valence-corrected chi connectivity index (χ4v) is 2.38. The highest BCUT2D eigenvalue weighted by Crippen LogP contribution is 2.42. The van der Waals surface area contributed by atoms with Crippen molar-refractivity contribution >= 4 is 23.1 Å². The number of aliphatic hydroxyl groups excluding tert-OH is 1. The van der Waals surface area contributed by atoms with Gasteiger partial charge in [0, 0.05) is 16.9 Å². The minimum atomic E-state index is 0.0519. The number of nitrogens with zero attached hydrogens (tertiary/aromatic N) is 1. The number of rotatable bonds is 4. The maximum atomic E-state index is 9.33. The number of anilines is 2. The zero-order valence-corrected chi connectivity index (χ0v) is 11.2. The van der Waals surface area contributed by atoms with Gasteiger partial charge in [-0.2, -0.15) is 0 Å². The largest absolute Gasteiger partial charge is 0.392 e. The number of hydrogen-bond donors (Lipinski definition) is 2. The number of pyridine rings is 1. The molecule has 0 atom stereocenters. The molecule has 1 aromatic carbocycles. The Morgan fingerprint density at radius 1 is 1.32 bits per heavy atom. The molecule has 0 unspecified atom stereocenters. The van der Waals surface area contributed by atoms with E-state index in [0.717, 1.165) is 17.1 Å². The van der Waals surface area contributed by atoms with Crippen molar-refractivity contribution < 1.29 is 5.11 Å². The van der Waals surface area contributed by atoms with Crippen LogP contribution >= 0.6 is 11.6 Å². The minimum Gasteiger partial charge on any atom is -0.392 e. The van der Waals surface area contributed by atoms with E-state index in [-0.39, 0.29) is 6.61 Å². The van der Waals surface area contributed by atoms with Crippen LogP contribution in [0.25, 0.3) is 0 Å². The lowest BCUT2D eigenvalue weighted by molar-refractivity contribution is 0.280. The number of nitrogens with one attached hydrogen (secondary N) is 1. The lowest BCUT2D eigenvalue weighted by atomic mass is 10.1. The Bertz CT molecular complexity index is 596. The van der Waals surface area contributed by atoms with Gasteiger partial charge >= 0.3 is 0 Å². The first-order valence-electron chi connectivity index (χ1n) is 6.38. The van der Waals surface area contributed by atoms with E-state index in [0.29, 0.717) is 10.9 Å². The molecule has 19 heavy (non-hydrogen) atoms.